The van der Waals surface area contributed by atoms with Gasteiger partial charge in [-0.15, -0.1) is 10.2 Å². The molecule has 0 aliphatic rings. The lowest BCUT2D eigenvalue weighted by atomic mass is 10.2. The molecule has 0 radical (unpaired) electrons. The topological polar surface area (TPSA) is 69.1 Å². The van der Waals surface area contributed by atoms with Crippen molar-refractivity contribution in [2.24, 2.45) is 0 Å². The van der Waals surface area contributed by atoms with Crippen LogP contribution in [0.25, 0.3) is 17.0 Å². The number of anilines is 1. The molecule has 0 atom stereocenters. The molecule has 0 amide bonds. The number of nitrogens with zero attached hydrogens (tertiary/aromatic N) is 4. The highest BCUT2D eigenvalue weighted by Gasteiger charge is 2.14. The second-order valence-corrected chi connectivity index (χ2v) is 5.44. The highest BCUT2D eigenvalue weighted by Crippen LogP contribution is 2.34. The van der Waals surface area contributed by atoms with E-state index >= 15 is 0 Å². The van der Waals surface area contributed by atoms with Crippen LogP contribution < -0.4 is 5.73 Å². The average molecular weight is 369 g/mol. The maximum absolute atomic E-state index is 6.06. The van der Waals surface area contributed by atoms with Gasteiger partial charge < -0.3 is 5.73 Å². The number of nitrogen functional groups attached to an aromatic ring is 1. The van der Waals surface area contributed by atoms with E-state index in [-0.39, 0.29) is 0 Å². The Kier molecular flexibility index (Phi) is 2.79. The van der Waals surface area contributed by atoms with Crippen LogP contribution in [0.4, 0.5) is 5.69 Å². The Morgan fingerprint density at radius 1 is 1.17 bits per heavy atom. The molecule has 0 saturated carbocycles. The third-order valence-electron chi connectivity index (χ3n) is 2.51. The lowest BCUT2D eigenvalue weighted by Gasteiger charge is -2.06. The number of nitrogens with two attached hydrogens (primary N) is 1. The minimum absolute atomic E-state index is 0.609. The zero-order valence-electron chi connectivity index (χ0n) is 9.01. The van der Waals surface area contributed by atoms with E-state index in [0.717, 1.165) is 14.5 Å². The van der Waals surface area contributed by atoms with Gasteiger partial charge in [0.2, 0.25) is 0 Å². The first kappa shape index (κ1) is 11.6. The molecule has 5 nitrogen and oxygen atoms in total. The summed E-state index contributed by atoms with van der Waals surface area (Å²) in [6.45, 7) is 0. The Balaban J connectivity index is 2.33. The van der Waals surface area contributed by atoms with E-state index in [1.165, 1.54) is 0 Å². The smallest absolute Gasteiger partial charge is 0.187 e. The van der Waals surface area contributed by atoms with Crippen molar-refractivity contribution in [3.63, 3.8) is 0 Å². The molecular weight excluding hydrogens is 362 g/mol. The van der Waals surface area contributed by atoms with Gasteiger partial charge in [0.05, 0.1) is 5.69 Å². The van der Waals surface area contributed by atoms with Crippen LogP contribution in [0, 0.1) is 0 Å². The van der Waals surface area contributed by atoms with E-state index < -0.39 is 0 Å². The summed E-state index contributed by atoms with van der Waals surface area (Å²) in [6, 6.07) is 7.43. The highest BCUT2D eigenvalue weighted by atomic mass is 79.9. The molecule has 0 saturated heterocycles. The van der Waals surface area contributed by atoms with Crippen LogP contribution in [0.5, 0.6) is 0 Å². The molecule has 0 aliphatic heterocycles. The number of benzene rings is 1. The van der Waals surface area contributed by atoms with Crippen molar-refractivity contribution in [3.8, 4) is 11.4 Å². The Labute approximate surface area is 119 Å². The van der Waals surface area contributed by atoms with Crippen LogP contribution in [0.15, 0.2) is 39.4 Å². The molecule has 90 valence electrons. The van der Waals surface area contributed by atoms with Gasteiger partial charge in [-0.3, -0.25) is 0 Å². The normalized spacial score (nSPS) is 11.0. The number of aromatic nitrogens is 4. The molecule has 0 fully saturated rings. The first-order chi connectivity index (χ1) is 8.66. The van der Waals surface area contributed by atoms with E-state index in [2.05, 4.69) is 47.2 Å². The summed E-state index contributed by atoms with van der Waals surface area (Å²) in [6.07, 6.45) is 1.68. The maximum Gasteiger partial charge on any atom is 0.187 e. The lowest BCUT2D eigenvalue weighted by molar-refractivity contribution is 0.936. The van der Waals surface area contributed by atoms with E-state index in [1.807, 2.05) is 24.3 Å². The van der Waals surface area contributed by atoms with Gasteiger partial charge in [0, 0.05) is 20.7 Å². The quantitative estimate of drug-likeness (QED) is 0.670. The fourth-order valence-electron chi connectivity index (χ4n) is 1.68. The second-order valence-electron chi connectivity index (χ2n) is 3.67. The molecular formula is C11H7Br2N5. The van der Waals surface area contributed by atoms with Crippen molar-refractivity contribution in [1.29, 1.82) is 0 Å². The molecule has 0 aliphatic carbocycles. The molecule has 2 aromatic heterocycles. The van der Waals surface area contributed by atoms with Crippen molar-refractivity contribution >= 4 is 43.2 Å². The fraction of sp³-hybridized carbons (Fsp3) is 0. The molecule has 2 N–H and O–H groups in total. The molecule has 7 heteroatoms. The summed E-state index contributed by atoms with van der Waals surface area (Å²) in [4.78, 5) is 0. The lowest BCUT2D eigenvalue weighted by Crippen LogP contribution is -1.98. The number of hydrogen-bond acceptors (Lipinski definition) is 4. The van der Waals surface area contributed by atoms with Crippen molar-refractivity contribution in [1.82, 2.24) is 19.8 Å². The standard InChI is InChI=1S/C11H7Br2N5/c12-6-4-7(10(14)8(13)5-6)11-17-16-9-2-1-3-15-18(9)11/h1-5H,14H2. The maximum atomic E-state index is 6.06. The van der Waals surface area contributed by atoms with Gasteiger partial charge in [-0.25, -0.2) is 0 Å². The first-order valence-corrected chi connectivity index (χ1v) is 6.67. The van der Waals surface area contributed by atoms with Crippen LogP contribution >= 0.6 is 31.9 Å². The molecule has 3 aromatic rings. The Hall–Kier alpha value is -1.47. The number of rotatable bonds is 1. The molecule has 1 aromatic carbocycles. The molecule has 0 bridgehead atoms. The first-order valence-electron chi connectivity index (χ1n) is 5.08. The number of halogens is 2. The largest absolute Gasteiger partial charge is 0.397 e. The van der Waals surface area contributed by atoms with Crippen LogP contribution in [0.3, 0.4) is 0 Å². The summed E-state index contributed by atoms with van der Waals surface area (Å²) in [5, 5.41) is 12.4. The summed E-state index contributed by atoms with van der Waals surface area (Å²) < 4.78 is 3.37. The van der Waals surface area contributed by atoms with Gasteiger partial charge in [0.25, 0.3) is 0 Å². The van der Waals surface area contributed by atoms with Gasteiger partial charge in [-0.05, 0) is 40.2 Å². The van der Waals surface area contributed by atoms with Crippen molar-refractivity contribution in [3.05, 3.63) is 39.4 Å². The zero-order valence-corrected chi connectivity index (χ0v) is 12.2. The van der Waals surface area contributed by atoms with Crippen molar-refractivity contribution < 1.29 is 0 Å². The van der Waals surface area contributed by atoms with Gasteiger partial charge in [0.15, 0.2) is 11.5 Å². The predicted molar refractivity (Wildman–Crippen MR) is 76.0 cm³/mol. The molecule has 18 heavy (non-hydrogen) atoms. The molecule has 0 unspecified atom stereocenters. The fourth-order valence-corrected chi connectivity index (χ4v) is 2.91. The average Bonchev–Trinajstić information content (AvgIpc) is 2.77. The Bertz CT molecular complexity index is 737. The summed E-state index contributed by atoms with van der Waals surface area (Å²) in [7, 11) is 0. The van der Waals surface area contributed by atoms with Gasteiger partial charge in [-0.1, -0.05) is 15.9 Å². The molecule has 3 rings (SSSR count). The van der Waals surface area contributed by atoms with E-state index in [4.69, 9.17) is 5.73 Å². The summed E-state index contributed by atoms with van der Waals surface area (Å²) >= 11 is 6.85. The predicted octanol–water partition coefficient (Wildman–Crippen LogP) is 2.90. The molecule has 0 spiro atoms. The monoisotopic (exact) mass is 367 g/mol. The van der Waals surface area contributed by atoms with Crippen LogP contribution in [0.2, 0.25) is 0 Å². The minimum atomic E-state index is 0.609. The van der Waals surface area contributed by atoms with Crippen molar-refractivity contribution in [2.45, 2.75) is 0 Å². The van der Waals surface area contributed by atoms with Crippen LogP contribution in [-0.4, -0.2) is 19.8 Å². The zero-order chi connectivity index (χ0) is 12.7. The highest BCUT2D eigenvalue weighted by molar-refractivity contribution is 9.11. The SMILES string of the molecule is Nc1c(Br)cc(Br)cc1-c1nnc2cccnn12. The van der Waals surface area contributed by atoms with Crippen molar-refractivity contribution in [2.75, 3.05) is 5.73 Å². The third-order valence-corrected chi connectivity index (χ3v) is 3.63. The van der Waals surface area contributed by atoms with Gasteiger partial charge in [0.1, 0.15) is 0 Å². The Morgan fingerprint density at radius 2 is 2.00 bits per heavy atom. The van der Waals surface area contributed by atoms with E-state index in [9.17, 15) is 0 Å². The summed E-state index contributed by atoms with van der Waals surface area (Å²) in [5.41, 5.74) is 8.13. The van der Waals surface area contributed by atoms with Crippen LogP contribution in [-0.2, 0) is 0 Å². The third kappa shape index (κ3) is 1.79. The second kappa shape index (κ2) is 4.33. The Morgan fingerprint density at radius 3 is 2.83 bits per heavy atom. The minimum Gasteiger partial charge on any atom is -0.397 e. The van der Waals surface area contributed by atoms with Gasteiger partial charge in [-0.2, -0.15) is 9.61 Å². The van der Waals surface area contributed by atoms with E-state index in [1.54, 1.807) is 10.7 Å². The number of hydrogen-bond donors (Lipinski definition) is 1. The van der Waals surface area contributed by atoms with Gasteiger partial charge >= 0.3 is 0 Å². The van der Waals surface area contributed by atoms with Crippen LogP contribution in [0.1, 0.15) is 0 Å². The molecule has 2 heterocycles. The number of fused-ring (bicyclic) bond motifs is 1. The summed E-state index contributed by atoms with van der Waals surface area (Å²) in [5.74, 6) is 0.616. The van der Waals surface area contributed by atoms with E-state index in [0.29, 0.717) is 17.2 Å².